The minimum absolute atomic E-state index is 0.0332. The maximum Gasteiger partial charge on any atom is 0.259 e. The Balaban J connectivity index is 1.66. The van der Waals surface area contributed by atoms with Crippen LogP contribution < -0.4 is 10.3 Å². The first kappa shape index (κ1) is 19.6. The van der Waals surface area contributed by atoms with Gasteiger partial charge in [0.05, 0.1) is 19.3 Å². The Hall–Kier alpha value is -3.12. The normalized spacial score (nSPS) is 16.3. The van der Waals surface area contributed by atoms with E-state index >= 15 is 0 Å². The monoisotopic (exact) mass is 446 g/mol. The first-order valence-electron chi connectivity index (χ1n) is 11.0. The van der Waals surface area contributed by atoms with E-state index in [0.29, 0.717) is 17.3 Å². The van der Waals surface area contributed by atoms with Gasteiger partial charge in [-0.15, -0.1) is 10.2 Å². The summed E-state index contributed by atoms with van der Waals surface area (Å²) in [5.74, 6) is 1.33. The fourth-order valence-electron chi connectivity index (χ4n) is 5.66. The van der Waals surface area contributed by atoms with E-state index in [4.69, 9.17) is 16.3 Å². The van der Waals surface area contributed by atoms with Crippen molar-refractivity contribution in [2.24, 2.45) is 0 Å². The predicted molar refractivity (Wildman–Crippen MR) is 124 cm³/mol. The van der Waals surface area contributed by atoms with Crippen molar-refractivity contribution >= 4 is 17.4 Å². The lowest BCUT2D eigenvalue weighted by molar-refractivity contribution is 0.410. The molecule has 1 fully saturated rings. The van der Waals surface area contributed by atoms with Gasteiger partial charge in [0.15, 0.2) is 0 Å². The number of hydrogen-bond acceptors (Lipinski definition) is 4. The average molecular weight is 447 g/mol. The van der Waals surface area contributed by atoms with E-state index in [1.807, 2.05) is 40.8 Å². The Morgan fingerprint density at radius 3 is 2.66 bits per heavy atom. The summed E-state index contributed by atoms with van der Waals surface area (Å²) in [5.41, 5.74) is 5.00. The van der Waals surface area contributed by atoms with E-state index in [1.54, 1.807) is 18.0 Å². The molecule has 2 heterocycles. The van der Waals surface area contributed by atoms with Crippen molar-refractivity contribution in [3.63, 3.8) is 0 Å². The van der Waals surface area contributed by atoms with E-state index in [2.05, 4.69) is 16.3 Å². The summed E-state index contributed by atoms with van der Waals surface area (Å²) >= 11 is 6.07. The first-order chi connectivity index (χ1) is 15.6. The molecular weight excluding hydrogens is 424 g/mol. The number of methoxy groups -OCH3 is 1. The fourth-order valence-corrected chi connectivity index (χ4v) is 5.79. The lowest BCUT2D eigenvalue weighted by Gasteiger charge is -2.37. The van der Waals surface area contributed by atoms with Crippen LogP contribution in [-0.2, 0) is 18.4 Å². The summed E-state index contributed by atoms with van der Waals surface area (Å²) in [6, 6.07) is 13.8. The number of aromatic nitrogens is 4. The van der Waals surface area contributed by atoms with Crippen LogP contribution in [0.15, 0.2) is 53.6 Å². The van der Waals surface area contributed by atoms with E-state index in [-0.39, 0.29) is 11.0 Å². The van der Waals surface area contributed by atoms with Crippen LogP contribution >= 0.6 is 11.6 Å². The van der Waals surface area contributed by atoms with Gasteiger partial charge in [-0.25, -0.2) is 0 Å². The summed E-state index contributed by atoms with van der Waals surface area (Å²) in [6.07, 6.45) is 6.93. The molecule has 0 amide bonds. The number of ether oxygens (including phenoxy) is 1. The fraction of sp³-hybridized carbons (Fsp3) is 0.320. The van der Waals surface area contributed by atoms with Gasteiger partial charge >= 0.3 is 0 Å². The molecule has 162 valence electrons. The molecule has 0 saturated heterocycles. The van der Waals surface area contributed by atoms with Gasteiger partial charge in [-0.05, 0) is 54.7 Å². The van der Waals surface area contributed by atoms with Crippen LogP contribution in [0.2, 0.25) is 5.02 Å². The van der Waals surface area contributed by atoms with Crippen LogP contribution in [-0.4, -0.2) is 26.3 Å². The Bertz CT molecular complexity index is 1400. The van der Waals surface area contributed by atoms with Crippen LogP contribution in [0.25, 0.3) is 17.0 Å². The van der Waals surface area contributed by atoms with Gasteiger partial charge in [0, 0.05) is 21.6 Å². The van der Waals surface area contributed by atoms with Gasteiger partial charge < -0.3 is 4.74 Å². The molecular formula is C25H23ClN4O2. The zero-order valence-corrected chi connectivity index (χ0v) is 18.6. The molecule has 0 atom stereocenters. The minimum atomic E-state index is -0.145. The Kier molecular flexibility index (Phi) is 4.40. The molecule has 2 aromatic heterocycles. The Labute approximate surface area is 190 Å². The van der Waals surface area contributed by atoms with Crippen molar-refractivity contribution in [2.75, 3.05) is 7.11 Å². The van der Waals surface area contributed by atoms with Crippen LogP contribution in [0, 0.1) is 0 Å². The molecule has 1 spiro atoms. The third-order valence-electron chi connectivity index (χ3n) is 7.15. The minimum Gasteiger partial charge on any atom is -0.497 e. The van der Waals surface area contributed by atoms with Crippen molar-refractivity contribution in [1.29, 1.82) is 0 Å². The standard InChI is InChI=1S/C25H23ClN4O2/c1-32-19-9-6-17-13-25(10-2-3-11-25)21-22(20(17)12-19)30-15-27-28-24(30)29(23(21)31)14-16-4-7-18(26)8-5-16/h4-9,12,15H,2-3,10-11,13-14H2,1H3. The Morgan fingerprint density at radius 2 is 1.91 bits per heavy atom. The molecule has 0 radical (unpaired) electrons. The van der Waals surface area contributed by atoms with Crippen LogP contribution in [0.1, 0.15) is 42.4 Å². The third kappa shape index (κ3) is 2.82. The highest BCUT2D eigenvalue weighted by molar-refractivity contribution is 6.30. The van der Waals surface area contributed by atoms with Gasteiger partial charge in [0.25, 0.3) is 5.56 Å². The maximum atomic E-state index is 14.1. The van der Waals surface area contributed by atoms with Gasteiger partial charge in [0.2, 0.25) is 5.78 Å². The molecule has 0 N–H and O–H groups in total. The second kappa shape index (κ2) is 7.20. The van der Waals surface area contributed by atoms with Crippen molar-refractivity contribution in [1.82, 2.24) is 19.2 Å². The van der Waals surface area contributed by atoms with Gasteiger partial charge in [-0.3, -0.25) is 13.8 Å². The van der Waals surface area contributed by atoms with E-state index in [9.17, 15) is 4.79 Å². The number of halogens is 1. The lowest BCUT2D eigenvalue weighted by atomic mass is 9.68. The first-order valence-corrected chi connectivity index (χ1v) is 11.4. The molecule has 2 aliphatic rings. The van der Waals surface area contributed by atoms with Crippen LogP contribution in [0.5, 0.6) is 5.75 Å². The molecule has 4 aromatic rings. The highest BCUT2D eigenvalue weighted by Crippen LogP contribution is 2.50. The molecule has 0 bridgehead atoms. The van der Waals surface area contributed by atoms with Crippen molar-refractivity contribution in [3.05, 3.63) is 80.9 Å². The van der Waals surface area contributed by atoms with Crippen LogP contribution in [0.3, 0.4) is 0 Å². The summed E-state index contributed by atoms with van der Waals surface area (Å²) in [7, 11) is 1.67. The molecule has 0 unspecified atom stereocenters. The molecule has 32 heavy (non-hydrogen) atoms. The zero-order chi connectivity index (χ0) is 21.9. The van der Waals surface area contributed by atoms with Gasteiger partial charge in [0.1, 0.15) is 12.1 Å². The molecule has 1 saturated carbocycles. The molecule has 2 aromatic carbocycles. The molecule has 7 heteroatoms. The number of hydrogen-bond donors (Lipinski definition) is 0. The zero-order valence-electron chi connectivity index (χ0n) is 17.8. The second-order valence-corrected chi connectivity index (χ2v) is 9.37. The molecule has 2 aliphatic carbocycles. The topological polar surface area (TPSA) is 61.4 Å². The number of nitrogens with zero attached hydrogens (tertiary/aromatic N) is 4. The largest absolute Gasteiger partial charge is 0.497 e. The van der Waals surface area contributed by atoms with E-state index in [1.165, 1.54) is 5.56 Å². The van der Waals surface area contributed by atoms with Crippen molar-refractivity contribution in [3.8, 4) is 17.0 Å². The molecule has 6 nitrogen and oxygen atoms in total. The number of fused-ring (bicyclic) bond motifs is 6. The lowest BCUT2D eigenvalue weighted by Crippen LogP contribution is -2.40. The maximum absolute atomic E-state index is 14.1. The van der Waals surface area contributed by atoms with Gasteiger partial charge in [-0.2, -0.15) is 0 Å². The Morgan fingerprint density at radius 1 is 1.12 bits per heavy atom. The number of benzene rings is 2. The third-order valence-corrected chi connectivity index (χ3v) is 7.41. The SMILES string of the molecule is COc1ccc2c(c1)-c1c(c(=O)n(Cc3ccc(Cl)cc3)c3nncn13)C1(CCCC1)C2. The summed E-state index contributed by atoms with van der Waals surface area (Å²) < 4.78 is 9.27. The molecule has 0 aliphatic heterocycles. The van der Waals surface area contributed by atoms with E-state index in [0.717, 1.165) is 60.2 Å². The van der Waals surface area contributed by atoms with Gasteiger partial charge in [-0.1, -0.05) is 42.6 Å². The number of rotatable bonds is 3. The van der Waals surface area contributed by atoms with Crippen LogP contribution in [0.4, 0.5) is 0 Å². The average Bonchev–Trinajstić information content (AvgIpc) is 3.47. The molecule has 6 rings (SSSR count). The quantitative estimate of drug-likeness (QED) is 0.460. The highest BCUT2D eigenvalue weighted by atomic mass is 35.5. The van der Waals surface area contributed by atoms with Crippen molar-refractivity contribution < 1.29 is 4.74 Å². The predicted octanol–water partition coefficient (Wildman–Crippen LogP) is 4.64. The van der Waals surface area contributed by atoms with E-state index < -0.39 is 0 Å². The van der Waals surface area contributed by atoms with Crippen molar-refractivity contribution in [2.45, 2.75) is 44.1 Å². The summed E-state index contributed by atoms with van der Waals surface area (Å²) in [5, 5.41) is 9.22. The smallest absolute Gasteiger partial charge is 0.259 e. The summed E-state index contributed by atoms with van der Waals surface area (Å²) in [4.78, 5) is 14.1. The second-order valence-electron chi connectivity index (χ2n) is 8.93. The summed E-state index contributed by atoms with van der Waals surface area (Å²) in [6.45, 7) is 0.423. The highest BCUT2D eigenvalue weighted by Gasteiger charge is 2.45.